The molecule has 0 aliphatic heterocycles. The van der Waals surface area contributed by atoms with Crippen LogP contribution < -0.4 is 5.73 Å². The van der Waals surface area contributed by atoms with Crippen molar-refractivity contribution in [1.29, 1.82) is 0 Å². The Balaban J connectivity index is 2.11. The Labute approximate surface area is 117 Å². The van der Waals surface area contributed by atoms with E-state index < -0.39 is 0 Å². The molecule has 1 aromatic heterocycles. The van der Waals surface area contributed by atoms with Crippen LogP contribution in [0.3, 0.4) is 0 Å². The predicted molar refractivity (Wildman–Crippen MR) is 74.1 cm³/mol. The largest absolute Gasteiger partial charge is 0.323 e. The maximum atomic E-state index is 12.8. The van der Waals surface area contributed by atoms with Crippen molar-refractivity contribution in [3.8, 4) is 0 Å². The molecule has 0 saturated heterocycles. The first-order chi connectivity index (χ1) is 8.06. The van der Waals surface area contributed by atoms with E-state index in [0.717, 1.165) is 14.2 Å². The van der Waals surface area contributed by atoms with Crippen molar-refractivity contribution >= 4 is 38.9 Å². The number of thiophene rings is 1. The van der Waals surface area contributed by atoms with Gasteiger partial charge in [-0.05, 0) is 46.1 Å². The molecule has 0 spiro atoms. The first kappa shape index (κ1) is 13.0. The Morgan fingerprint density at radius 2 is 2.00 bits per heavy atom. The fourth-order valence-electron chi connectivity index (χ4n) is 1.52. The fourth-order valence-corrected chi connectivity index (χ4v) is 3.27. The monoisotopic (exact) mass is 333 g/mol. The van der Waals surface area contributed by atoms with Crippen molar-refractivity contribution in [2.45, 2.75) is 12.5 Å². The average molecular weight is 335 g/mol. The molecule has 0 radical (unpaired) electrons. The number of hydrogen-bond donors (Lipinski definition) is 1. The van der Waals surface area contributed by atoms with Gasteiger partial charge in [0.1, 0.15) is 5.82 Å². The predicted octanol–water partition coefficient (Wildman–Crippen LogP) is 4.55. The minimum absolute atomic E-state index is 0.116. The highest BCUT2D eigenvalue weighted by atomic mass is 79.9. The molecule has 0 saturated carbocycles. The topological polar surface area (TPSA) is 26.0 Å². The van der Waals surface area contributed by atoms with Crippen molar-refractivity contribution in [1.82, 2.24) is 0 Å². The molecule has 5 heteroatoms. The van der Waals surface area contributed by atoms with E-state index in [2.05, 4.69) is 15.9 Å². The quantitative estimate of drug-likeness (QED) is 0.876. The molecule has 1 nitrogen and oxygen atoms in total. The molecule has 17 heavy (non-hydrogen) atoms. The third kappa shape index (κ3) is 3.28. The van der Waals surface area contributed by atoms with Crippen LogP contribution in [0.4, 0.5) is 4.39 Å². The van der Waals surface area contributed by atoms with Crippen molar-refractivity contribution in [2.75, 3.05) is 0 Å². The van der Waals surface area contributed by atoms with Crippen molar-refractivity contribution < 1.29 is 4.39 Å². The zero-order valence-corrected chi connectivity index (χ0v) is 11.9. The first-order valence-corrected chi connectivity index (χ1v) is 7.00. The lowest BCUT2D eigenvalue weighted by molar-refractivity contribution is 0.626. The van der Waals surface area contributed by atoms with Crippen molar-refractivity contribution in [3.05, 3.63) is 55.4 Å². The van der Waals surface area contributed by atoms with Gasteiger partial charge in [-0.3, -0.25) is 0 Å². The van der Waals surface area contributed by atoms with Crippen LogP contribution in [0.15, 0.2) is 34.1 Å². The molecule has 0 bridgehead atoms. The van der Waals surface area contributed by atoms with E-state index in [0.29, 0.717) is 11.4 Å². The summed E-state index contributed by atoms with van der Waals surface area (Å²) in [6.45, 7) is 0. The van der Waals surface area contributed by atoms with Crippen LogP contribution in [-0.2, 0) is 6.42 Å². The minimum Gasteiger partial charge on any atom is -0.323 e. The molecule has 0 aliphatic rings. The number of nitrogens with two attached hydrogens (primary N) is 1. The zero-order valence-electron chi connectivity index (χ0n) is 8.79. The van der Waals surface area contributed by atoms with E-state index in [4.69, 9.17) is 17.3 Å². The van der Waals surface area contributed by atoms with Crippen molar-refractivity contribution in [2.24, 2.45) is 5.73 Å². The molecular weight excluding hydrogens is 325 g/mol. The lowest BCUT2D eigenvalue weighted by Gasteiger charge is -2.09. The molecule has 1 unspecified atom stereocenters. The standard InChI is InChI=1S/C12H10BrClFNS/c13-12-9(14)6-11(17-12)10(16)5-7-1-3-8(15)4-2-7/h1-4,6,10H,5,16H2. The zero-order chi connectivity index (χ0) is 12.4. The molecule has 2 N–H and O–H groups in total. The second-order valence-corrected chi connectivity index (χ2v) is 6.52. The summed E-state index contributed by atoms with van der Waals surface area (Å²) >= 11 is 10.8. The normalized spacial score (nSPS) is 12.7. The summed E-state index contributed by atoms with van der Waals surface area (Å²) in [7, 11) is 0. The second kappa shape index (κ2) is 5.48. The van der Waals surface area contributed by atoms with Gasteiger partial charge in [-0.15, -0.1) is 11.3 Å². The van der Waals surface area contributed by atoms with E-state index >= 15 is 0 Å². The smallest absolute Gasteiger partial charge is 0.123 e. The second-order valence-electron chi connectivity index (χ2n) is 3.71. The summed E-state index contributed by atoms with van der Waals surface area (Å²) in [4.78, 5) is 1.02. The lowest BCUT2D eigenvalue weighted by Crippen LogP contribution is -2.11. The molecule has 1 heterocycles. The summed E-state index contributed by atoms with van der Waals surface area (Å²) < 4.78 is 13.6. The van der Waals surface area contributed by atoms with Crippen LogP contribution in [0, 0.1) is 5.82 Å². The van der Waals surface area contributed by atoms with Crippen LogP contribution in [0.2, 0.25) is 5.02 Å². The summed E-state index contributed by atoms with van der Waals surface area (Å²) in [6.07, 6.45) is 0.670. The third-order valence-electron chi connectivity index (χ3n) is 2.40. The Morgan fingerprint density at radius 3 is 2.53 bits per heavy atom. The van der Waals surface area contributed by atoms with Gasteiger partial charge in [-0.25, -0.2) is 4.39 Å². The van der Waals surface area contributed by atoms with Gasteiger partial charge in [0, 0.05) is 10.9 Å². The Morgan fingerprint density at radius 1 is 1.35 bits per heavy atom. The highest BCUT2D eigenvalue weighted by Crippen LogP contribution is 2.35. The fraction of sp³-hybridized carbons (Fsp3) is 0.167. The van der Waals surface area contributed by atoms with Gasteiger partial charge in [-0.2, -0.15) is 0 Å². The van der Waals surface area contributed by atoms with E-state index in [1.165, 1.54) is 23.5 Å². The Hall–Kier alpha value is -0.420. The first-order valence-electron chi connectivity index (χ1n) is 5.01. The summed E-state index contributed by atoms with van der Waals surface area (Å²) in [5.41, 5.74) is 7.10. The highest BCUT2D eigenvalue weighted by molar-refractivity contribution is 9.11. The Kier molecular flexibility index (Phi) is 4.20. The molecule has 1 aromatic carbocycles. The van der Waals surface area contributed by atoms with Gasteiger partial charge in [-0.1, -0.05) is 23.7 Å². The molecule has 0 amide bonds. The highest BCUT2D eigenvalue weighted by Gasteiger charge is 2.12. The van der Waals surface area contributed by atoms with Crippen LogP contribution in [0.5, 0.6) is 0 Å². The minimum atomic E-state index is -0.232. The molecule has 0 fully saturated rings. The Bertz CT molecular complexity index is 492. The average Bonchev–Trinajstić information content (AvgIpc) is 2.63. The molecule has 1 atom stereocenters. The van der Waals surface area contributed by atoms with E-state index in [1.54, 1.807) is 12.1 Å². The van der Waals surface area contributed by atoms with Crippen LogP contribution in [-0.4, -0.2) is 0 Å². The van der Waals surface area contributed by atoms with Crippen LogP contribution >= 0.6 is 38.9 Å². The van der Waals surface area contributed by atoms with Gasteiger partial charge in [0.15, 0.2) is 0 Å². The van der Waals surface area contributed by atoms with Gasteiger partial charge in [0.05, 0.1) is 8.81 Å². The summed E-state index contributed by atoms with van der Waals surface area (Å²) in [6, 6.07) is 8.14. The van der Waals surface area contributed by atoms with Gasteiger partial charge in [0.2, 0.25) is 0 Å². The lowest BCUT2D eigenvalue weighted by atomic mass is 10.1. The van der Waals surface area contributed by atoms with Crippen molar-refractivity contribution in [3.63, 3.8) is 0 Å². The van der Waals surface area contributed by atoms with Gasteiger partial charge < -0.3 is 5.73 Å². The number of hydrogen-bond acceptors (Lipinski definition) is 2. The van der Waals surface area contributed by atoms with E-state index in [9.17, 15) is 4.39 Å². The molecule has 2 rings (SSSR count). The number of rotatable bonds is 3. The maximum Gasteiger partial charge on any atom is 0.123 e. The summed E-state index contributed by atoms with van der Waals surface area (Å²) in [5, 5.41) is 0.680. The molecular formula is C12H10BrClFNS. The van der Waals surface area contributed by atoms with Gasteiger partial charge >= 0.3 is 0 Å². The molecule has 90 valence electrons. The third-order valence-corrected chi connectivity index (χ3v) is 5.01. The van der Waals surface area contributed by atoms with Crippen LogP contribution in [0.25, 0.3) is 0 Å². The maximum absolute atomic E-state index is 12.8. The number of benzene rings is 1. The summed E-state index contributed by atoms with van der Waals surface area (Å²) in [5.74, 6) is -0.232. The van der Waals surface area contributed by atoms with Gasteiger partial charge in [0.25, 0.3) is 0 Å². The van der Waals surface area contributed by atoms with E-state index in [1.807, 2.05) is 6.07 Å². The molecule has 0 aliphatic carbocycles. The SMILES string of the molecule is NC(Cc1ccc(F)cc1)c1cc(Cl)c(Br)s1. The molecule has 2 aromatic rings. The van der Waals surface area contributed by atoms with Crippen LogP contribution in [0.1, 0.15) is 16.5 Å². The number of halogens is 3. The van der Waals surface area contributed by atoms with E-state index in [-0.39, 0.29) is 11.9 Å².